The summed E-state index contributed by atoms with van der Waals surface area (Å²) in [6.45, 7) is 8.39. The van der Waals surface area contributed by atoms with E-state index in [-0.39, 0.29) is 76.0 Å². The number of oxime groups is 1. The molecule has 0 spiro atoms. The average Bonchev–Trinajstić information content (AvgIpc) is 3.28. The van der Waals surface area contributed by atoms with Crippen LogP contribution < -0.4 is 9.47 Å². The van der Waals surface area contributed by atoms with Crippen LogP contribution in [0.1, 0.15) is 73.1 Å². The molecule has 1 amide bonds. The lowest BCUT2D eigenvalue weighted by atomic mass is 9.55. The number of non-ortho nitro benzene ring substituents is 1. The Morgan fingerprint density at radius 2 is 1.70 bits per heavy atom. The van der Waals surface area contributed by atoms with Gasteiger partial charge in [-0.15, -0.1) is 6.58 Å². The molecule has 6 atom stereocenters. The molecular weight excluding hydrogens is 807 g/mol. The van der Waals surface area contributed by atoms with Gasteiger partial charge in [-0.2, -0.15) is 0 Å². The molecule has 1 aliphatic heterocycles. The van der Waals surface area contributed by atoms with Crippen molar-refractivity contribution in [2.24, 2.45) is 22.9 Å². The molecule has 0 radical (unpaired) electrons. The predicted octanol–water partition coefficient (Wildman–Crippen LogP) is 7.82. The molecule has 0 bridgehead atoms. The molecule has 3 aromatic rings. The first kappa shape index (κ1) is 47.1. The molecule has 0 saturated heterocycles. The number of aliphatic hydroxyl groups is 3. The quantitative estimate of drug-likeness (QED) is 0.0278. The molecule has 63 heavy (non-hydrogen) atoms. The summed E-state index contributed by atoms with van der Waals surface area (Å²) in [5.41, 5.74) is 5.24. The number of nitrogens with zero attached hydrogens (tertiary/aromatic N) is 3. The van der Waals surface area contributed by atoms with Gasteiger partial charge in [0, 0.05) is 55.9 Å². The van der Waals surface area contributed by atoms with Gasteiger partial charge in [0.1, 0.15) is 30.4 Å². The number of hydrogen-bond donors (Lipinski definition) is 3. The number of allylic oxidation sites excluding steroid dienone is 1. The van der Waals surface area contributed by atoms with Crippen LogP contribution in [0.2, 0.25) is 0 Å². The number of ether oxygens (including phenoxy) is 4. The summed E-state index contributed by atoms with van der Waals surface area (Å²) in [6.07, 6.45) is 11.6. The monoisotopic (exact) mass is 867 g/mol. The van der Waals surface area contributed by atoms with Crippen LogP contribution in [0.25, 0.3) is 6.08 Å². The Labute approximate surface area is 369 Å². The van der Waals surface area contributed by atoms with Crippen LogP contribution >= 0.6 is 0 Å². The first-order chi connectivity index (χ1) is 30.6. The van der Waals surface area contributed by atoms with Gasteiger partial charge in [0.25, 0.3) is 5.69 Å². The van der Waals surface area contributed by atoms with Crippen LogP contribution in [0, 0.1) is 41.7 Å². The highest BCUT2D eigenvalue weighted by atomic mass is 16.7. The molecule has 3 aromatic carbocycles. The van der Waals surface area contributed by atoms with E-state index >= 15 is 0 Å². The topological polar surface area (TPSA) is 183 Å². The molecule has 338 valence electrons. The van der Waals surface area contributed by atoms with Crippen molar-refractivity contribution in [3.8, 4) is 17.2 Å². The lowest BCUT2D eigenvalue weighted by Gasteiger charge is -2.60. The van der Waals surface area contributed by atoms with Gasteiger partial charge in [0.2, 0.25) is 11.7 Å². The first-order valence-corrected chi connectivity index (χ1v) is 21.9. The fourth-order valence-corrected chi connectivity index (χ4v) is 9.46. The van der Waals surface area contributed by atoms with Gasteiger partial charge in [-0.05, 0) is 122 Å². The fraction of sp³-hybridized carbons (Fsp3) is 0.469. The third-order valence-corrected chi connectivity index (χ3v) is 12.5. The number of hydrogen-bond acceptors (Lipinski definition) is 12. The van der Waals surface area contributed by atoms with Crippen molar-refractivity contribution in [1.29, 1.82) is 0 Å². The van der Waals surface area contributed by atoms with Crippen molar-refractivity contribution in [2.45, 2.75) is 76.5 Å². The summed E-state index contributed by atoms with van der Waals surface area (Å²) in [5, 5.41) is 45.4. The SMILES string of the molecule is C=CCOC12Oc3ccc(Oc4ccc(C)c(C)c4)cc3C3C(CCCCO)C(CCCCO)C=C(C(=NOC)CC1N(CCOCCO)C(=O)C=Cc1ccc([N+](=O)[O-])cc1)C32. The Bertz CT molecular complexity index is 2140. The fourth-order valence-electron chi connectivity index (χ4n) is 9.46. The van der Waals surface area contributed by atoms with E-state index < -0.39 is 28.6 Å². The van der Waals surface area contributed by atoms with Crippen LogP contribution in [-0.2, 0) is 19.1 Å². The average molecular weight is 868 g/mol. The Kier molecular flexibility index (Phi) is 16.7. The minimum Gasteiger partial charge on any atom is -0.459 e. The van der Waals surface area contributed by atoms with Gasteiger partial charge < -0.3 is 44.0 Å². The van der Waals surface area contributed by atoms with E-state index in [1.807, 2.05) is 37.3 Å². The lowest BCUT2D eigenvalue weighted by molar-refractivity contribution is -0.384. The van der Waals surface area contributed by atoms with Crippen molar-refractivity contribution in [2.75, 3.05) is 53.3 Å². The van der Waals surface area contributed by atoms with E-state index in [1.165, 1.54) is 25.3 Å². The maximum Gasteiger partial charge on any atom is 0.269 e. The van der Waals surface area contributed by atoms with Crippen molar-refractivity contribution in [1.82, 2.24) is 4.90 Å². The van der Waals surface area contributed by atoms with Gasteiger partial charge in [-0.3, -0.25) is 14.9 Å². The van der Waals surface area contributed by atoms with Gasteiger partial charge in [0.15, 0.2) is 0 Å². The Hall–Kier alpha value is -5.38. The number of rotatable bonds is 23. The molecule has 1 heterocycles. The van der Waals surface area contributed by atoms with Crippen LogP contribution in [0.4, 0.5) is 5.69 Å². The molecule has 2 aliphatic carbocycles. The molecule has 14 nitrogen and oxygen atoms in total. The molecular formula is C49H61N3O11. The number of amides is 1. The van der Waals surface area contributed by atoms with E-state index in [1.54, 1.807) is 29.2 Å². The summed E-state index contributed by atoms with van der Waals surface area (Å²) >= 11 is 0. The van der Waals surface area contributed by atoms with Crippen molar-refractivity contribution < 1.29 is 48.8 Å². The van der Waals surface area contributed by atoms with E-state index in [0.29, 0.717) is 41.4 Å². The Morgan fingerprint density at radius 1 is 0.968 bits per heavy atom. The highest BCUT2D eigenvalue weighted by Crippen LogP contribution is 2.62. The summed E-state index contributed by atoms with van der Waals surface area (Å²) in [5.74, 6) is -0.707. The summed E-state index contributed by atoms with van der Waals surface area (Å²) in [4.78, 5) is 32.8. The van der Waals surface area contributed by atoms with Gasteiger partial charge in [0.05, 0.1) is 43.0 Å². The third-order valence-electron chi connectivity index (χ3n) is 12.5. The maximum atomic E-state index is 14.8. The molecule has 3 aliphatic rings. The second kappa shape index (κ2) is 22.3. The molecule has 6 unspecified atom stereocenters. The summed E-state index contributed by atoms with van der Waals surface area (Å²) < 4.78 is 26.6. The number of aliphatic hydroxyl groups excluding tert-OH is 3. The minimum atomic E-state index is -1.50. The molecule has 14 heteroatoms. The molecule has 6 rings (SSSR count). The maximum absolute atomic E-state index is 14.8. The standard InChI is InChI=1S/C49H61N3O11/c1-5-26-61-49-45(51(22-27-60-28-25-55)46(56)21-15-35-13-16-37(17-14-35)52(57)58)32-43(50-59-4)41-30-36(10-6-8-23-53)40(11-7-9-24-54)47(48(41)49)42-31-39(19-20-44(42)63-49)62-38-18-12-33(2)34(3)29-38/h5,12-21,29-31,36,40,45,47-48,53-55H,1,6-11,22-28,32H2,2-4H3. The Morgan fingerprint density at radius 3 is 2.38 bits per heavy atom. The first-order valence-electron chi connectivity index (χ1n) is 21.9. The molecule has 1 saturated carbocycles. The van der Waals surface area contributed by atoms with Crippen molar-refractivity contribution in [3.63, 3.8) is 0 Å². The minimum absolute atomic E-state index is 0.0110. The zero-order valence-electron chi connectivity index (χ0n) is 36.5. The summed E-state index contributed by atoms with van der Waals surface area (Å²) in [7, 11) is 1.50. The van der Waals surface area contributed by atoms with Gasteiger partial charge in [-0.1, -0.05) is 36.2 Å². The van der Waals surface area contributed by atoms with Crippen LogP contribution in [-0.4, -0.2) is 102 Å². The normalized spacial score (nSPS) is 23.0. The second-order valence-electron chi connectivity index (χ2n) is 16.4. The van der Waals surface area contributed by atoms with E-state index in [4.69, 9.17) is 23.8 Å². The number of carbonyl (C=O) groups excluding carboxylic acids is 1. The smallest absolute Gasteiger partial charge is 0.269 e. The number of nitro groups is 1. The van der Waals surface area contributed by atoms with Crippen molar-refractivity contribution >= 4 is 23.4 Å². The number of nitro benzene ring substituents is 1. The number of benzene rings is 3. The zero-order valence-corrected chi connectivity index (χ0v) is 36.5. The molecule has 0 aromatic heterocycles. The number of carbonyl (C=O) groups is 1. The van der Waals surface area contributed by atoms with Crippen molar-refractivity contribution in [3.05, 3.63) is 123 Å². The Balaban J connectivity index is 1.55. The summed E-state index contributed by atoms with van der Waals surface area (Å²) in [6, 6.07) is 16.9. The highest BCUT2D eigenvalue weighted by Gasteiger charge is 2.65. The van der Waals surface area contributed by atoms with Gasteiger partial charge >= 0.3 is 0 Å². The van der Waals surface area contributed by atoms with Crippen LogP contribution in [0.5, 0.6) is 17.2 Å². The second-order valence-corrected chi connectivity index (χ2v) is 16.4. The third kappa shape index (κ3) is 10.9. The van der Waals surface area contributed by atoms with E-state index in [0.717, 1.165) is 47.9 Å². The van der Waals surface area contributed by atoms with Crippen LogP contribution in [0.3, 0.4) is 0 Å². The number of aryl methyl sites for hydroxylation is 2. The van der Waals surface area contributed by atoms with Gasteiger partial charge in [-0.25, -0.2) is 0 Å². The van der Waals surface area contributed by atoms with E-state index in [2.05, 4.69) is 30.8 Å². The molecule has 3 N–H and O–H groups in total. The van der Waals surface area contributed by atoms with Crippen LogP contribution in [0.15, 0.2) is 96.2 Å². The zero-order chi connectivity index (χ0) is 44.9. The number of unbranched alkanes of at least 4 members (excludes halogenated alkanes) is 2. The van der Waals surface area contributed by atoms with E-state index in [9.17, 15) is 30.2 Å². The number of fused-ring (bicyclic) bond motifs is 2. The lowest BCUT2D eigenvalue weighted by Crippen LogP contribution is -2.70. The largest absolute Gasteiger partial charge is 0.459 e. The predicted molar refractivity (Wildman–Crippen MR) is 240 cm³/mol. The molecule has 1 fully saturated rings. The highest BCUT2D eigenvalue weighted by molar-refractivity contribution is 6.03.